The van der Waals surface area contributed by atoms with E-state index in [2.05, 4.69) is 5.32 Å². The molecule has 12 heavy (non-hydrogen) atoms. The number of rotatable bonds is 0. The Labute approximate surface area is 71.5 Å². The highest BCUT2D eigenvalue weighted by Gasteiger charge is 2.46. The van der Waals surface area contributed by atoms with Crippen LogP contribution < -0.4 is 5.32 Å². The SMILES string of the molecule is O=C(O)N1CCCCC12CNC2. The first-order chi connectivity index (χ1) is 5.75. The van der Waals surface area contributed by atoms with E-state index in [1.807, 2.05) is 0 Å². The Bertz CT molecular complexity index is 201. The van der Waals surface area contributed by atoms with Crippen LogP contribution in [-0.2, 0) is 0 Å². The Morgan fingerprint density at radius 2 is 2.17 bits per heavy atom. The summed E-state index contributed by atoms with van der Waals surface area (Å²) >= 11 is 0. The molecule has 1 spiro atoms. The molecule has 0 aliphatic carbocycles. The topological polar surface area (TPSA) is 52.6 Å². The van der Waals surface area contributed by atoms with E-state index in [1.54, 1.807) is 4.90 Å². The predicted octanol–water partition coefficient (Wildman–Crippen LogP) is 0.492. The van der Waals surface area contributed by atoms with E-state index >= 15 is 0 Å². The van der Waals surface area contributed by atoms with Crippen LogP contribution in [0, 0.1) is 0 Å². The summed E-state index contributed by atoms with van der Waals surface area (Å²) < 4.78 is 0. The number of nitrogens with one attached hydrogen (secondary N) is 1. The fourth-order valence-electron chi connectivity index (χ4n) is 2.18. The third-order valence-corrected chi connectivity index (χ3v) is 2.99. The summed E-state index contributed by atoms with van der Waals surface area (Å²) in [6.45, 7) is 2.41. The highest BCUT2D eigenvalue weighted by molar-refractivity contribution is 5.66. The molecule has 0 bridgehead atoms. The number of nitrogens with zero attached hydrogens (tertiary/aromatic N) is 1. The van der Waals surface area contributed by atoms with E-state index in [0.29, 0.717) is 0 Å². The molecule has 68 valence electrons. The van der Waals surface area contributed by atoms with Crippen LogP contribution in [0.5, 0.6) is 0 Å². The maximum atomic E-state index is 10.9. The average molecular weight is 170 g/mol. The molecule has 0 atom stereocenters. The second-order valence-electron chi connectivity index (χ2n) is 3.72. The van der Waals surface area contributed by atoms with Crippen molar-refractivity contribution in [3.8, 4) is 0 Å². The number of likely N-dealkylation sites (tertiary alicyclic amines) is 1. The summed E-state index contributed by atoms with van der Waals surface area (Å²) in [6.07, 6.45) is 2.47. The van der Waals surface area contributed by atoms with Crippen LogP contribution in [0.15, 0.2) is 0 Å². The Morgan fingerprint density at radius 3 is 2.58 bits per heavy atom. The zero-order valence-electron chi connectivity index (χ0n) is 7.05. The number of carboxylic acid groups (broad SMARTS) is 1. The van der Waals surface area contributed by atoms with Gasteiger partial charge in [0.25, 0.3) is 0 Å². The van der Waals surface area contributed by atoms with Crippen molar-refractivity contribution in [3.63, 3.8) is 0 Å². The Kier molecular flexibility index (Phi) is 1.72. The first kappa shape index (κ1) is 7.86. The van der Waals surface area contributed by atoms with Crippen molar-refractivity contribution < 1.29 is 9.90 Å². The molecule has 4 heteroatoms. The van der Waals surface area contributed by atoms with Gasteiger partial charge in [-0.05, 0) is 19.3 Å². The molecule has 0 unspecified atom stereocenters. The smallest absolute Gasteiger partial charge is 0.407 e. The van der Waals surface area contributed by atoms with Crippen LogP contribution in [-0.4, -0.2) is 41.3 Å². The summed E-state index contributed by atoms with van der Waals surface area (Å²) in [4.78, 5) is 12.5. The molecule has 0 saturated carbocycles. The van der Waals surface area contributed by atoms with Crippen LogP contribution >= 0.6 is 0 Å². The van der Waals surface area contributed by atoms with Crippen molar-refractivity contribution in [1.29, 1.82) is 0 Å². The van der Waals surface area contributed by atoms with Crippen LogP contribution in [0.25, 0.3) is 0 Å². The maximum Gasteiger partial charge on any atom is 0.407 e. The van der Waals surface area contributed by atoms with Crippen LogP contribution in [0.3, 0.4) is 0 Å². The summed E-state index contributed by atoms with van der Waals surface area (Å²) in [5, 5.41) is 12.1. The Balaban J connectivity index is 2.11. The minimum absolute atomic E-state index is 0.0376. The van der Waals surface area contributed by atoms with Gasteiger partial charge in [-0.25, -0.2) is 4.79 Å². The van der Waals surface area contributed by atoms with Gasteiger partial charge in [0.1, 0.15) is 0 Å². The van der Waals surface area contributed by atoms with E-state index in [4.69, 9.17) is 5.11 Å². The van der Waals surface area contributed by atoms with Gasteiger partial charge in [0, 0.05) is 19.6 Å². The number of hydrogen-bond donors (Lipinski definition) is 2. The van der Waals surface area contributed by atoms with E-state index in [-0.39, 0.29) is 5.54 Å². The fraction of sp³-hybridized carbons (Fsp3) is 0.875. The summed E-state index contributed by atoms with van der Waals surface area (Å²) in [6, 6.07) is 0. The van der Waals surface area contributed by atoms with Crippen molar-refractivity contribution in [2.24, 2.45) is 0 Å². The number of hydrogen-bond acceptors (Lipinski definition) is 2. The molecule has 2 aliphatic heterocycles. The average Bonchev–Trinajstić information content (AvgIpc) is 2.01. The molecule has 0 aromatic heterocycles. The van der Waals surface area contributed by atoms with E-state index in [0.717, 1.165) is 32.5 Å². The van der Waals surface area contributed by atoms with Gasteiger partial charge in [-0.15, -0.1) is 0 Å². The molecule has 2 N–H and O–H groups in total. The third-order valence-electron chi connectivity index (χ3n) is 2.99. The normalized spacial score (nSPS) is 26.8. The van der Waals surface area contributed by atoms with Gasteiger partial charge in [-0.2, -0.15) is 0 Å². The number of piperidine rings is 1. The monoisotopic (exact) mass is 170 g/mol. The lowest BCUT2D eigenvalue weighted by Crippen LogP contribution is -2.71. The van der Waals surface area contributed by atoms with Gasteiger partial charge in [-0.3, -0.25) is 0 Å². The van der Waals surface area contributed by atoms with Crippen LogP contribution in [0.4, 0.5) is 4.79 Å². The first-order valence-electron chi connectivity index (χ1n) is 4.46. The largest absolute Gasteiger partial charge is 0.465 e. The summed E-state index contributed by atoms with van der Waals surface area (Å²) in [5.74, 6) is 0. The lowest BCUT2D eigenvalue weighted by atomic mass is 9.82. The minimum Gasteiger partial charge on any atom is -0.465 e. The van der Waals surface area contributed by atoms with E-state index < -0.39 is 6.09 Å². The highest BCUT2D eigenvalue weighted by atomic mass is 16.4. The zero-order valence-corrected chi connectivity index (χ0v) is 7.05. The molecular formula is C8H14N2O2. The maximum absolute atomic E-state index is 10.9. The molecule has 2 saturated heterocycles. The second kappa shape index (κ2) is 2.62. The van der Waals surface area contributed by atoms with Gasteiger partial charge >= 0.3 is 6.09 Å². The van der Waals surface area contributed by atoms with E-state index in [1.165, 1.54) is 6.42 Å². The molecule has 0 aromatic carbocycles. The number of carbonyl (C=O) groups is 1. The Morgan fingerprint density at radius 1 is 1.42 bits per heavy atom. The van der Waals surface area contributed by atoms with Gasteiger partial charge in [0.05, 0.1) is 5.54 Å². The molecule has 4 nitrogen and oxygen atoms in total. The standard InChI is InChI=1S/C8H14N2O2/c11-7(12)10-4-2-1-3-8(10)5-9-6-8/h9H,1-6H2,(H,11,12). The fourth-order valence-corrected chi connectivity index (χ4v) is 2.18. The van der Waals surface area contributed by atoms with Gasteiger partial charge in [-0.1, -0.05) is 0 Å². The van der Waals surface area contributed by atoms with Crippen LogP contribution in [0.2, 0.25) is 0 Å². The molecule has 0 radical (unpaired) electrons. The van der Waals surface area contributed by atoms with E-state index in [9.17, 15) is 4.79 Å². The summed E-state index contributed by atoms with van der Waals surface area (Å²) in [7, 11) is 0. The molecule has 2 heterocycles. The van der Waals surface area contributed by atoms with Crippen molar-refractivity contribution in [2.75, 3.05) is 19.6 Å². The first-order valence-corrected chi connectivity index (χ1v) is 4.46. The quantitative estimate of drug-likeness (QED) is 0.556. The van der Waals surface area contributed by atoms with Gasteiger partial charge in [0.2, 0.25) is 0 Å². The van der Waals surface area contributed by atoms with Crippen molar-refractivity contribution >= 4 is 6.09 Å². The number of amides is 1. The minimum atomic E-state index is -0.754. The van der Waals surface area contributed by atoms with Crippen LogP contribution in [0.1, 0.15) is 19.3 Å². The predicted molar refractivity (Wildman–Crippen MR) is 44.2 cm³/mol. The molecule has 2 rings (SSSR count). The van der Waals surface area contributed by atoms with Gasteiger partial charge in [0.15, 0.2) is 0 Å². The summed E-state index contributed by atoms with van der Waals surface area (Å²) in [5.41, 5.74) is -0.0376. The molecular weight excluding hydrogens is 156 g/mol. The Hall–Kier alpha value is -0.770. The molecule has 2 aliphatic rings. The second-order valence-corrected chi connectivity index (χ2v) is 3.72. The van der Waals surface area contributed by atoms with Crippen molar-refractivity contribution in [1.82, 2.24) is 10.2 Å². The molecule has 0 aromatic rings. The zero-order chi connectivity index (χ0) is 8.60. The third kappa shape index (κ3) is 0.982. The molecule has 1 amide bonds. The van der Waals surface area contributed by atoms with Crippen molar-refractivity contribution in [3.05, 3.63) is 0 Å². The molecule has 2 fully saturated rings. The van der Waals surface area contributed by atoms with Gasteiger partial charge < -0.3 is 15.3 Å². The lowest BCUT2D eigenvalue weighted by molar-refractivity contribution is 0.0131. The lowest BCUT2D eigenvalue weighted by Gasteiger charge is -2.52. The van der Waals surface area contributed by atoms with Crippen molar-refractivity contribution in [2.45, 2.75) is 24.8 Å². The highest BCUT2D eigenvalue weighted by Crippen LogP contribution is 2.31.